The minimum absolute atomic E-state index is 0.344. The van der Waals surface area contributed by atoms with Crippen LogP contribution >= 0.6 is 0 Å². The summed E-state index contributed by atoms with van der Waals surface area (Å²) in [4.78, 5) is 8.70. The van der Waals surface area contributed by atoms with Crippen LogP contribution in [0.2, 0.25) is 0 Å². The Morgan fingerprint density at radius 2 is 2.09 bits per heavy atom. The van der Waals surface area contributed by atoms with Gasteiger partial charge in [-0.1, -0.05) is 6.07 Å². The normalized spacial score (nSPS) is 10.5. The number of anilines is 1. The molecule has 1 N–H and O–H groups in total. The molecule has 2 aromatic heterocycles. The Balaban J connectivity index is 2.06. The average molecular weight is 306 g/mol. The lowest BCUT2D eigenvalue weighted by Crippen LogP contribution is -2.05. The van der Waals surface area contributed by atoms with Crippen LogP contribution in [-0.2, 0) is 6.54 Å². The topological polar surface area (TPSA) is 61.6 Å². The number of aromatic nitrogens is 2. The lowest BCUT2D eigenvalue weighted by atomic mass is 10.1. The molecule has 4 nitrogen and oxygen atoms in total. The molecule has 5 heteroatoms. The van der Waals surface area contributed by atoms with Crippen LogP contribution < -0.4 is 5.32 Å². The molecule has 2 heterocycles. The van der Waals surface area contributed by atoms with Gasteiger partial charge in [-0.3, -0.25) is 9.97 Å². The maximum Gasteiger partial charge on any atom is 0.124 e. The third-order valence-electron chi connectivity index (χ3n) is 3.64. The molecule has 0 bridgehead atoms. The first-order valence-corrected chi connectivity index (χ1v) is 7.24. The Morgan fingerprint density at radius 3 is 2.83 bits per heavy atom. The van der Waals surface area contributed by atoms with Gasteiger partial charge in [-0.25, -0.2) is 4.39 Å². The van der Waals surface area contributed by atoms with Gasteiger partial charge in [0.1, 0.15) is 11.9 Å². The summed E-state index contributed by atoms with van der Waals surface area (Å²) in [6.07, 6.45) is 1.51. The van der Waals surface area contributed by atoms with Crippen molar-refractivity contribution in [1.82, 2.24) is 9.97 Å². The Labute approximate surface area is 133 Å². The van der Waals surface area contributed by atoms with Gasteiger partial charge < -0.3 is 5.32 Å². The molecule has 0 fully saturated rings. The predicted octanol–water partition coefficient (Wildman–Crippen LogP) is 3.87. The van der Waals surface area contributed by atoms with Crippen molar-refractivity contribution in [2.75, 3.05) is 5.32 Å². The molecule has 0 amide bonds. The number of hydrogen-bond donors (Lipinski definition) is 1. The largest absolute Gasteiger partial charge is 0.378 e. The molecule has 23 heavy (non-hydrogen) atoms. The van der Waals surface area contributed by atoms with E-state index in [1.54, 1.807) is 6.92 Å². The number of aryl methyl sites for hydroxylation is 2. The molecular weight excluding hydrogens is 291 g/mol. The highest BCUT2D eigenvalue weighted by Crippen LogP contribution is 2.28. The Hall–Kier alpha value is -3.00. The van der Waals surface area contributed by atoms with E-state index in [9.17, 15) is 9.65 Å². The Bertz CT molecular complexity index is 928. The Kier molecular flexibility index (Phi) is 3.90. The molecular formula is C18H15FN4. The molecule has 0 aliphatic carbocycles. The fourth-order valence-corrected chi connectivity index (χ4v) is 2.59. The molecule has 0 saturated heterocycles. The maximum absolute atomic E-state index is 13.8. The third kappa shape index (κ3) is 2.97. The van der Waals surface area contributed by atoms with Crippen LogP contribution in [0.1, 0.15) is 22.5 Å². The summed E-state index contributed by atoms with van der Waals surface area (Å²) in [6, 6.07) is 10.7. The van der Waals surface area contributed by atoms with E-state index in [2.05, 4.69) is 21.4 Å². The zero-order chi connectivity index (χ0) is 16.4. The molecule has 0 saturated carbocycles. The Morgan fingerprint density at radius 1 is 1.26 bits per heavy atom. The van der Waals surface area contributed by atoms with E-state index in [0.717, 1.165) is 17.0 Å². The van der Waals surface area contributed by atoms with Crippen LogP contribution in [0.25, 0.3) is 10.9 Å². The summed E-state index contributed by atoms with van der Waals surface area (Å²) in [7, 11) is 0. The van der Waals surface area contributed by atoms with Gasteiger partial charge in [-0.15, -0.1) is 0 Å². The first-order valence-electron chi connectivity index (χ1n) is 7.24. The van der Waals surface area contributed by atoms with Crippen molar-refractivity contribution in [3.63, 3.8) is 0 Å². The number of fused-ring (bicyclic) bond motifs is 1. The third-order valence-corrected chi connectivity index (χ3v) is 3.64. The van der Waals surface area contributed by atoms with Gasteiger partial charge in [0.05, 0.1) is 29.0 Å². The summed E-state index contributed by atoms with van der Waals surface area (Å²) in [6.45, 7) is 4.17. The zero-order valence-corrected chi connectivity index (χ0v) is 12.9. The second-order valence-electron chi connectivity index (χ2n) is 5.40. The summed E-state index contributed by atoms with van der Waals surface area (Å²) in [5.41, 5.74) is 4.17. The number of halogens is 1. The molecule has 0 unspecified atom stereocenters. The highest BCUT2D eigenvalue weighted by atomic mass is 19.1. The smallest absolute Gasteiger partial charge is 0.124 e. The van der Waals surface area contributed by atoms with Crippen LogP contribution in [-0.4, -0.2) is 9.97 Å². The van der Waals surface area contributed by atoms with E-state index in [0.29, 0.717) is 28.7 Å². The highest BCUT2D eigenvalue weighted by Gasteiger charge is 2.12. The fraction of sp³-hybridized carbons (Fsp3) is 0.167. The minimum atomic E-state index is -0.344. The van der Waals surface area contributed by atoms with Crippen LogP contribution in [0.3, 0.4) is 0 Å². The number of nitriles is 1. The highest BCUT2D eigenvalue weighted by molar-refractivity contribution is 5.95. The summed E-state index contributed by atoms with van der Waals surface area (Å²) >= 11 is 0. The number of nitrogens with zero attached hydrogens (tertiary/aromatic N) is 3. The molecule has 114 valence electrons. The van der Waals surface area contributed by atoms with Crippen LogP contribution in [0, 0.1) is 31.0 Å². The van der Waals surface area contributed by atoms with Gasteiger partial charge in [-0.05, 0) is 43.7 Å². The number of benzene rings is 1. The van der Waals surface area contributed by atoms with Crippen molar-refractivity contribution in [2.45, 2.75) is 20.4 Å². The number of nitrogens with one attached hydrogen (secondary N) is 1. The molecule has 0 spiro atoms. The van der Waals surface area contributed by atoms with Crippen molar-refractivity contribution < 1.29 is 4.39 Å². The van der Waals surface area contributed by atoms with Crippen LogP contribution in [0.15, 0.2) is 36.5 Å². The van der Waals surface area contributed by atoms with Crippen molar-refractivity contribution >= 4 is 16.6 Å². The first kappa shape index (κ1) is 14.9. The molecule has 3 rings (SSSR count). The lowest BCUT2D eigenvalue weighted by Gasteiger charge is -2.12. The van der Waals surface area contributed by atoms with Gasteiger partial charge in [0.15, 0.2) is 0 Å². The van der Waals surface area contributed by atoms with E-state index < -0.39 is 0 Å². The SMILES string of the molecule is Cc1cccc(CNc2c(C#N)cnc3c(C)cc(F)cc23)n1. The van der Waals surface area contributed by atoms with Crippen molar-refractivity contribution in [2.24, 2.45) is 0 Å². The van der Waals surface area contributed by atoms with E-state index >= 15 is 0 Å². The molecule has 0 aliphatic rings. The zero-order valence-electron chi connectivity index (χ0n) is 12.9. The monoisotopic (exact) mass is 306 g/mol. The minimum Gasteiger partial charge on any atom is -0.378 e. The molecule has 0 aliphatic heterocycles. The van der Waals surface area contributed by atoms with Crippen LogP contribution in [0.5, 0.6) is 0 Å². The second-order valence-corrected chi connectivity index (χ2v) is 5.40. The van der Waals surface area contributed by atoms with Gasteiger partial charge in [0.25, 0.3) is 0 Å². The number of pyridine rings is 2. The summed E-state index contributed by atoms with van der Waals surface area (Å²) in [5.74, 6) is -0.344. The fourth-order valence-electron chi connectivity index (χ4n) is 2.59. The van der Waals surface area contributed by atoms with Gasteiger partial charge in [0, 0.05) is 17.3 Å². The van der Waals surface area contributed by atoms with Gasteiger partial charge >= 0.3 is 0 Å². The standard InChI is InChI=1S/C18H15FN4/c1-11-6-14(19)7-16-17(11)21-9-13(8-20)18(16)22-10-15-5-3-4-12(2)23-15/h3-7,9H,10H2,1-2H3,(H,21,22). The predicted molar refractivity (Wildman–Crippen MR) is 87.5 cm³/mol. The number of hydrogen-bond acceptors (Lipinski definition) is 4. The van der Waals surface area contributed by atoms with E-state index in [-0.39, 0.29) is 5.82 Å². The lowest BCUT2D eigenvalue weighted by molar-refractivity contribution is 0.628. The maximum atomic E-state index is 13.8. The second kappa shape index (κ2) is 6.01. The summed E-state index contributed by atoms with van der Waals surface area (Å²) < 4.78 is 13.8. The van der Waals surface area contributed by atoms with Crippen molar-refractivity contribution in [3.05, 3.63) is 64.9 Å². The molecule has 0 atom stereocenters. The van der Waals surface area contributed by atoms with Crippen molar-refractivity contribution in [1.29, 1.82) is 5.26 Å². The van der Waals surface area contributed by atoms with E-state index in [1.807, 2.05) is 25.1 Å². The van der Waals surface area contributed by atoms with Crippen LogP contribution in [0.4, 0.5) is 10.1 Å². The summed E-state index contributed by atoms with van der Waals surface area (Å²) in [5, 5.41) is 13.1. The van der Waals surface area contributed by atoms with E-state index in [4.69, 9.17) is 0 Å². The van der Waals surface area contributed by atoms with Gasteiger partial charge in [0.2, 0.25) is 0 Å². The quantitative estimate of drug-likeness (QED) is 0.798. The number of rotatable bonds is 3. The van der Waals surface area contributed by atoms with E-state index in [1.165, 1.54) is 18.3 Å². The van der Waals surface area contributed by atoms with Gasteiger partial charge in [-0.2, -0.15) is 5.26 Å². The first-order chi connectivity index (χ1) is 11.1. The average Bonchev–Trinajstić information content (AvgIpc) is 2.52. The molecule has 1 aromatic carbocycles. The van der Waals surface area contributed by atoms with Crippen molar-refractivity contribution in [3.8, 4) is 6.07 Å². The molecule has 3 aromatic rings. The molecule has 0 radical (unpaired) electrons.